The molecule has 9 aromatic rings. The van der Waals surface area contributed by atoms with Crippen molar-refractivity contribution in [3.8, 4) is 39.6 Å². The molecular weight excluding hydrogens is 1170 g/mol. The van der Waals surface area contributed by atoms with Crippen LogP contribution in [0.1, 0.15) is 128 Å². The number of aryl methyl sites for hydroxylation is 2. The summed E-state index contributed by atoms with van der Waals surface area (Å²) in [6.07, 6.45) is 3.20. The minimum absolute atomic E-state index is 0. The van der Waals surface area contributed by atoms with Gasteiger partial charge in [0.05, 0.1) is 0 Å². The number of benzene rings is 7. The van der Waals surface area contributed by atoms with Crippen LogP contribution in [0.25, 0.3) is 55.5 Å². The fourth-order valence-electron chi connectivity index (χ4n) is 11.5. The maximum atomic E-state index is 15.5. The molecular formula is C72H71F2N4OPt-3. The Hall–Kier alpha value is -7.08. The van der Waals surface area contributed by atoms with Gasteiger partial charge in [-0.1, -0.05) is 179 Å². The van der Waals surface area contributed by atoms with Crippen molar-refractivity contribution in [2.75, 3.05) is 9.80 Å². The second kappa shape index (κ2) is 20.8. The van der Waals surface area contributed by atoms with Gasteiger partial charge in [-0.3, -0.25) is 0 Å². The molecule has 5 nitrogen and oxygen atoms in total. The summed E-state index contributed by atoms with van der Waals surface area (Å²) >= 11 is 0. The number of halogens is 2. The zero-order valence-corrected chi connectivity index (χ0v) is 50.8. The van der Waals surface area contributed by atoms with Gasteiger partial charge in [0, 0.05) is 78.9 Å². The second-order valence-electron chi connectivity index (χ2n) is 25.9. The summed E-state index contributed by atoms with van der Waals surface area (Å²) in [7, 11) is 0. The van der Waals surface area contributed by atoms with Gasteiger partial charge in [-0.15, -0.1) is 53.6 Å². The van der Waals surface area contributed by atoms with Crippen molar-refractivity contribution < 1.29 is 34.6 Å². The number of alkyl halides is 1. The van der Waals surface area contributed by atoms with E-state index in [0.29, 0.717) is 17.1 Å². The Morgan fingerprint density at radius 1 is 0.600 bits per heavy atom. The van der Waals surface area contributed by atoms with Gasteiger partial charge in [-0.25, -0.2) is 13.8 Å². The number of fused-ring (bicyclic) bond motifs is 4. The smallest absolute Gasteiger partial charge is 0.135 e. The Morgan fingerprint density at radius 2 is 1.24 bits per heavy atom. The summed E-state index contributed by atoms with van der Waals surface area (Å²) in [5.74, 6) is 1.38. The topological polar surface area (TPSA) is 33.5 Å². The van der Waals surface area contributed by atoms with E-state index in [-0.39, 0.29) is 49.1 Å². The SMILES string of the molecule is Cc1cc(C)cc(-c2cccc(C3=CC(F)CC(F)=C3)c2N2[CH-]N(c3[c-]c(Oc4[c-]c5c(cc4)c4ccccc4n5-c4cc(C(C)(C)C)ccn4)cc(-c4c(C(C)(C)C)cc(C(C)(C)C)cc4C(C)(C)C)c3)c3ccccc32)c1.[Pt]. The summed E-state index contributed by atoms with van der Waals surface area (Å²) in [4.78, 5) is 9.30. The third-order valence-corrected chi connectivity index (χ3v) is 15.4. The molecule has 0 spiro atoms. The minimum atomic E-state index is -1.45. The fraction of sp³-hybridized carbons (Fsp3) is 0.278. The van der Waals surface area contributed by atoms with Gasteiger partial charge in [0.25, 0.3) is 0 Å². The van der Waals surface area contributed by atoms with E-state index in [9.17, 15) is 0 Å². The Morgan fingerprint density at radius 3 is 1.89 bits per heavy atom. The van der Waals surface area contributed by atoms with Gasteiger partial charge in [-0.2, -0.15) is 6.07 Å². The molecule has 3 heterocycles. The molecule has 412 valence electrons. The predicted molar refractivity (Wildman–Crippen MR) is 326 cm³/mol. The molecule has 7 aromatic carbocycles. The Labute approximate surface area is 487 Å². The minimum Gasteiger partial charge on any atom is -0.509 e. The average Bonchev–Trinajstić information content (AvgIpc) is 3.98. The molecule has 1 atom stereocenters. The molecule has 0 bridgehead atoms. The number of para-hydroxylation sites is 4. The molecule has 11 rings (SSSR count). The van der Waals surface area contributed by atoms with Crippen molar-refractivity contribution >= 4 is 50.1 Å². The largest absolute Gasteiger partial charge is 0.509 e. The molecule has 0 amide bonds. The Kier molecular flexibility index (Phi) is 14.6. The summed E-state index contributed by atoms with van der Waals surface area (Å²) in [5, 5.41) is 2.14. The number of anilines is 4. The van der Waals surface area contributed by atoms with E-state index >= 15 is 8.78 Å². The number of ether oxygens (including phenoxy) is 1. The third kappa shape index (κ3) is 10.7. The molecule has 1 aliphatic heterocycles. The zero-order valence-electron chi connectivity index (χ0n) is 48.6. The van der Waals surface area contributed by atoms with Crippen molar-refractivity contribution in [2.24, 2.45) is 0 Å². The molecule has 0 radical (unpaired) electrons. The normalized spacial score (nSPS) is 15.0. The van der Waals surface area contributed by atoms with Crippen LogP contribution in [0.3, 0.4) is 0 Å². The van der Waals surface area contributed by atoms with Gasteiger partial charge in [0.15, 0.2) is 0 Å². The van der Waals surface area contributed by atoms with E-state index in [1.54, 1.807) is 6.08 Å². The van der Waals surface area contributed by atoms with Crippen LogP contribution >= 0.6 is 0 Å². The van der Waals surface area contributed by atoms with Crippen LogP contribution in [-0.2, 0) is 42.7 Å². The van der Waals surface area contributed by atoms with E-state index in [1.165, 1.54) is 28.3 Å². The van der Waals surface area contributed by atoms with E-state index in [1.807, 2.05) is 36.5 Å². The van der Waals surface area contributed by atoms with E-state index in [4.69, 9.17) is 9.72 Å². The molecule has 0 saturated heterocycles. The fourth-order valence-corrected chi connectivity index (χ4v) is 11.5. The molecule has 0 fully saturated rings. The number of rotatable bonds is 8. The first-order chi connectivity index (χ1) is 37.3. The second-order valence-corrected chi connectivity index (χ2v) is 25.9. The Bertz CT molecular complexity index is 3890. The van der Waals surface area contributed by atoms with Gasteiger partial charge in [0.2, 0.25) is 0 Å². The Balaban J connectivity index is 0.00000720. The molecule has 1 aliphatic carbocycles. The molecule has 8 heteroatoms. The van der Waals surface area contributed by atoms with Gasteiger partial charge < -0.3 is 19.1 Å². The number of aromatic nitrogens is 2. The van der Waals surface area contributed by atoms with E-state index in [2.05, 4.69) is 233 Å². The van der Waals surface area contributed by atoms with Crippen LogP contribution in [0.2, 0.25) is 0 Å². The average molecular weight is 1240 g/mol. The maximum absolute atomic E-state index is 15.5. The molecule has 80 heavy (non-hydrogen) atoms. The third-order valence-electron chi connectivity index (χ3n) is 15.4. The van der Waals surface area contributed by atoms with Crippen LogP contribution in [0.4, 0.5) is 31.5 Å². The number of hydrogen-bond acceptors (Lipinski definition) is 4. The van der Waals surface area contributed by atoms with Crippen molar-refractivity contribution in [2.45, 2.75) is 131 Å². The standard InChI is InChI=1S/C72H71F2N4O.Pt/c1-44-30-45(2)32-46(31-44)56-21-19-22-57(47-33-51(73)40-52(74)34-47)68(56)77-43-76(63-24-17-18-25-64(63)77)53-35-48(67-60(71(9,10)11)37-50(70(6,7)8)38-61(67)72(12,13)14)36-55(41-53)79-54-26-27-59-58-20-15-16-23-62(58)78(65(59)42-54)66-39-49(28-29-75-66)69(3,4)5;/h15-39,43,51H,40H2,1-14H3;/q-3;. The quantitative estimate of drug-likeness (QED) is 0.142. The summed E-state index contributed by atoms with van der Waals surface area (Å²) in [6, 6.07) is 54.5. The summed E-state index contributed by atoms with van der Waals surface area (Å²) in [5.41, 5.74) is 17.0. The van der Waals surface area contributed by atoms with Crippen LogP contribution in [-0.4, -0.2) is 15.7 Å². The first-order valence-electron chi connectivity index (χ1n) is 27.6. The number of pyridine rings is 1. The van der Waals surface area contributed by atoms with E-state index in [0.717, 1.165) is 89.3 Å². The zero-order chi connectivity index (χ0) is 56.1. The van der Waals surface area contributed by atoms with Crippen LogP contribution in [0, 0.1) is 32.6 Å². The number of hydrogen-bond donors (Lipinski definition) is 0. The molecule has 1 unspecified atom stereocenters. The van der Waals surface area contributed by atoms with Crippen molar-refractivity contribution in [1.82, 2.24) is 9.55 Å². The van der Waals surface area contributed by atoms with Crippen LogP contribution < -0.4 is 14.5 Å². The van der Waals surface area contributed by atoms with Gasteiger partial charge in [-0.05, 0) is 122 Å². The number of nitrogens with zero attached hydrogens (tertiary/aromatic N) is 4. The molecule has 0 saturated carbocycles. The van der Waals surface area contributed by atoms with Crippen LogP contribution in [0.5, 0.6) is 11.5 Å². The number of allylic oxidation sites excluding steroid dienone is 4. The summed E-state index contributed by atoms with van der Waals surface area (Å²) in [6.45, 7) is 33.6. The first-order valence-corrected chi connectivity index (χ1v) is 27.6. The monoisotopic (exact) mass is 1240 g/mol. The van der Waals surface area contributed by atoms with E-state index < -0.39 is 12.0 Å². The van der Waals surface area contributed by atoms with Gasteiger partial charge >= 0.3 is 0 Å². The molecule has 2 aliphatic rings. The molecule has 0 N–H and O–H groups in total. The predicted octanol–water partition coefficient (Wildman–Crippen LogP) is 20.1. The van der Waals surface area contributed by atoms with Crippen LogP contribution in [0.15, 0.2) is 158 Å². The van der Waals surface area contributed by atoms with Crippen molar-refractivity contribution in [3.05, 3.63) is 215 Å². The first kappa shape index (κ1) is 56.2. The van der Waals surface area contributed by atoms with Gasteiger partial charge in [0.1, 0.15) is 17.8 Å². The summed E-state index contributed by atoms with van der Waals surface area (Å²) < 4.78 is 40.2. The maximum Gasteiger partial charge on any atom is 0.135 e. The van der Waals surface area contributed by atoms with Crippen molar-refractivity contribution in [3.63, 3.8) is 0 Å². The molecule has 2 aromatic heterocycles. The van der Waals surface area contributed by atoms with Crippen molar-refractivity contribution in [1.29, 1.82) is 0 Å².